The Morgan fingerprint density at radius 1 is 1.19 bits per heavy atom. The van der Waals surface area contributed by atoms with Gasteiger partial charge in [-0.2, -0.15) is 0 Å². The molecule has 1 aliphatic rings. The Morgan fingerprint density at radius 3 is 2.58 bits per heavy atom. The quantitative estimate of drug-likeness (QED) is 0.601. The largest absolute Gasteiger partial charge is 0.343 e. The Hall–Kier alpha value is -3.12. The number of anilines is 1. The SMILES string of the molecule is Cc1ncccc1C(=O)NC(C)(C)c1ccc(NC(=O)NCC2C=CC(Cl)=CC2)cc1. The van der Waals surface area contributed by atoms with Crippen molar-refractivity contribution in [2.45, 2.75) is 32.7 Å². The Morgan fingerprint density at radius 2 is 1.94 bits per heavy atom. The lowest BCUT2D eigenvalue weighted by Crippen LogP contribution is -2.41. The Bertz CT molecular complexity index is 1010. The molecular formula is C24H27ClN4O2. The minimum atomic E-state index is -0.595. The van der Waals surface area contributed by atoms with Crippen LogP contribution in [0.5, 0.6) is 0 Å². The molecule has 0 aliphatic heterocycles. The van der Waals surface area contributed by atoms with E-state index in [1.54, 1.807) is 18.3 Å². The van der Waals surface area contributed by atoms with E-state index >= 15 is 0 Å². The molecule has 0 saturated heterocycles. The fourth-order valence-corrected chi connectivity index (χ4v) is 3.47. The highest BCUT2D eigenvalue weighted by molar-refractivity contribution is 6.31. The molecule has 1 aliphatic carbocycles. The first kappa shape index (κ1) is 22.6. The van der Waals surface area contributed by atoms with Crippen LogP contribution in [0.4, 0.5) is 10.5 Å². The number of urea groups is 1. The van der Waals surface area contributed by atoms with Crippen LogP contribution >= 0.6 is 11.6 Å². The van der Waals surface area contributed by atoms with Crippen molar-refractivity contribution >= 4 is 29.2 Å². The Kier molecular flexibility index (Phi) is 7.13. The number of carbonyl (C=O) groups is 2. The van der Waals surface area contributed by atoms with Crippen LogP contribution in [0.3, 0.4) is 0 Å². The van der Waals surface area contributed by atoms with Crippen molar-refractivity contribution in [1.29, 1.82) is 0 Å². The number of nitrogens with one attached hydrogen (secondary N) is 3. The van der Waals surface area contributed by atoms with Crippen LogP contribution in [-0.2, 0) is 5.54 Å². The zero-order chi connectivity index (χ0) is 22.4. The highest BCUT2D eigenvalue weighted by Gasteiger charge is 2.24. The number of amides is 3. The number of hydrogen-bond donors (Lipinski definition) is 3. The lowest BCUT2D eigenvalue weighted by atomic mass is 9.93. The number of allylic oxidation sites excluding steroid dienone is 3. The molecule has 162 valence electrons. The minimum Gasteiger partial charge on any atom is -0.343 e. The minimum absolute atomic E-state index is 0.176. The third kappa shape index (κ3) is 6.18. The molecule has 1 aromatic carbocycles. The van der Waals surface area contributed by atoms with Crippen LogP contribution < -0.4 is 16.0 Å². The van der Waals surface area contributed by atoms with Crippen molar-refractivity contribution in [1.82, 2.24) is 15.6 Å². The second-order valence-electron chi connectivity index (χ2n) is 8.07. The average Bonchev–Trinajstić information content (AvgIpc) is 2.73. The fourth-order valence-electron chi connectivity index (χ4n) is 3.31. The van der Waals surface area contributed by atoms with Gasteiger partial charge in [0.15, 0.2) is 0 Å². The van der Waals surface area contributed by atoms with E-state index in [1.807, 2.05) is 63.3 Å². The van der Waals surface area contributed by atoms with Crippen LogP contribution in [0.1, 0.15) is 41.9 Å². The second kappa shape index (κ2) is 9.79. The molecule has 0 spiro atoms. The highest BCUT2D eigenvalue weighted by Crippen LogP contribution is 2.23. The van der Waals surface area contributed by atoms with E-state index in [-0.39, 0.29) is 17.9 Å². The van der Waals surface area contributed by atoms with E-state index in [0.717, 1.165) is 17.0 Å². The smallest absolute Gasteiger partial charge is 0.319 e. The molecule has 0 bridgehead atoms. The standard InChI is InChI=1S/C24H27ClN4O2/c1-16-21(5-4-14-26-16)22(30)29-24(2,3)18-8-12-20(13-9-18)28-23(31)27-15-17-6-10-19(25)11-7-17/h4-6,8-14,17H,7,15H2,1-3H3,(H,29,30)(H2,27,28,31). The van der Waals surface area contributed by atoms with E-state index in [4.69, 9.17) is 11.6 Å². The zero-order valence-electron chi connectivity index (χ0n) is 17.9. The molecule has 1 heterocycles. The summed E-state index contributed by atoms with van der Waals surface area (Å²) in [5.41, 5.74) is 2.24. The molecule has 0 radical (unpaired) electrons. The van der Waals surface area contributed by atoms with Crippen molar-refractivity contribution in [3.8, 4) is 0 Å². The van der Waals surface area contributed by atoms with Crippen molar-refractivity contribution < 1.29 is 9.59 Å². The Labute approximate surface area is 187 Å². The predicted octanol–water partition coefficient (Wildman–Crippen LogP) is 4.88. The van der Waals surface area contributed by atoms with Gasteiger partial charge in [-0.3, -0.25) is 9.78 Å². The highest BCUT2D eigenvalue weighted by atomic mass is 35.5. The molecule has 3 rings (SSSR count). The van der Waals surface area contributed by atoms with Crippen molar-refractivity contribution in [2.75, 3.05) is 11.9 Å². The number of halogens is 1. The van der Waals surface area contributed by atoms with Crippen molar-refractivity contribution in [2.24, 2.45) is 5.92 Å². The summed E-state index contributed by atoms with van der Waals surface area (Å²) >= 11 is 5.91. The van der Waals surface area contributed by atoms with Gasteiger partial charge in [0.1, 0.15) is 0 Å². The van der Waals surface area contributed by atoms with E-state index < -0.39 is 5.54 Å². The molecule has 0 fully saturated rings. The Balaban J connectivity index is 1.55. The molecule has 7 heteroatoms. The van der Waals surface area contributed by atoms with Crippen molar-refractivity contribution in [3.05, 3.63) is 82.7 Å². The summed E-state index contributed by atoms with van der Waals surface area (Å²) in [6.45, 7) is 6.21. The third-order valence-corrected chi connectivity index (χ3v) is 5.49. The van der Waals surface area contributed by atoms with Crippen LogP contribution in [-0.4, -0.2) is 23.5 Å². The molecule has 2 aromatic rings. The normalized spacial score (nSPS) is 15.7. The van der Waals surface area contributed by atoms with Gasteiger partial charge in [-0.25, -0.2) is 4.79 Å². The van der Waals surface area contributed by atoms with Gasteiger partial charge in [-0.05, 0) is 69.0 Å². The van der Waals surface area contributed by atoms with Gasteiger partial charge in [0.2, 0.25) is 0 Å². The molecular weight excluding hydrogens is 412 g/mol. The van der Waals surface area contributed by atoms with E-state index in [9.17, 15) is 9.59 Å². The first-order chi connectivity index (χ1) is 14.7. The summed E-state index contributed by atoms with van der Waals surface area (Å²) in [4.78, 5) is 29.0. The predicted molar refractivity (Wildman–Crippen MR) is 124 cm³/mol. The number of pyridine rings is 1. The molecule has 1 aromatic heterocycles. The second-order valence-corrected chi connectivity index (χ2v) is 8.51. The van der Waals surface area contributed by atoms with E-state index in [2.05, 4.69) is 20.9 Å². The lowest BCUT2D eigenvalue weighted by molar-refractivity contribution is 0.0911. The van der Waals surface area contributed by atoms with E-state index in [1.165, 1.54) is 0 Å². The van der Waals surface area contributed by atoms with Crippen LogP contribution in [0.2, 0.25) is 0 Å². The number of carbonyl (C=O) groups excluding carboxylic acids is 2. The van der Waals surface area contributed by atoms with Crippen LogP contribution in [0.15, 0.2) is 65.9 Å². The molecule has 1 atom stereocenters. The molecule has 1 unspecified atom stereocenters. The van der Waals surface area contributed by atoms with Gasteiger partial charge >= 0.3 is 6.03 Å². The lowest BCUT2D eigenvalue weighted by Gasteiger charge is -2.27. The topological polar surface area (TPSA) is 83.1 Å². The first-order valence-corrected chi connectivity index (χ1v) is 10.6. The van der Waals surface area contributed by atoms with E-state index in [0.29, 0.717) is 23.5 Å². The number of rotatable bonds is 6. The van der Waals surface area contributed by atoms with Gasteiger partial charge in [0.05, 0.1) is 11.1 Å². The fraction of sp³-hybridized carbons (Fsp3) is 0.292. The number of aromatic nitrogens is 1. The molecule has 0 saturated carbocycles. The van der Waals surface area contributed by atoms with Crippen LogP contribution in [0, 0.1) is 12.8 Å². The summed E-state index contributed by atoms with van der Waals surface area (Å²) in [6.07, 6.45) is 8.27. The maximum Gasteiger partial charge on any atom is 0.319 e. The maximum absolute atomic E-state index is 12.7. The summed E-state index contributed by atoms with van der Waals surface area (Å²) < 4.78 is 0. The van der Waals surface area contributed by atoms with Gasteiger partial charge < -0.3 is 16.0 Å². The molecule has 31 heavy (non-hydrogen) atoms. The number of hydrogen-bond acceptors (Lipinski definition) is 3. The number of benzene rings is 1. The first-order valence-electron chi connectivity index (χ1n) is 10.2. The van der Waals surface area contributed by atoms with Gasteiger partial charge in [-0.1, -0.05) is 35.9 Å². The molecule has 6 nitrogen and oxygen atoms in total. The summed E-state index contributed by atoms with van der Waals surface area (Å²) in [6, 6.07) is 10.7. The summed E-state index contributed by atoms with van der Waals surface area (Å²) in [7, 11) is 0. The summed E-state index contributed by atoms with van der Waals surface area (Å²) in [5.74, 6) is 0.0635. The van der Waals surface area contributed by atoms with Gasteiger partial charge in [0.25, 0.3) is 5.91 Å². The monoisotopic (exact) mass is 438 g/mol. The maximum atomic E-state index is 12.7. The average molecular weight is 439 g/mol. The van der Waals surface area contributed by atoms with Crippen LogP contribution in [0.25, 0.3) is 0 Å². The van der Waals surface area contributed by atoms with Crippen molar-refractivity contribution in [3.63, 3.8) is 0 Å². The number of nitrogens with zero attached hydrogens (tertiary/aromatic N) is 1. The number of aryl methyl sites for hydroxylation is 1. The third-order valence-electron chi connectivity index (χ3n) is 5.21. The molecule has 3 N–H and O–H groups in total. The van der Waals surface area contributed by atoms with Gasteiger partial charge in [-0.15, -0.1) is 0 Å². The summed E-state index contributed by atoms with van der Waals surface area (Å²) in [5, 5.41) is 9.49. The zero-order valence-corrected chi connectivity index (χ0v) is 18.7. The van der Waals surface area contributed by atoms with Gasteiger partial charge in [0, 0.05) is 29.2 Å². The molecule has 3 amide bonds.